The standard InChI is InChI=1S/C14H13BrOS2/c1-2-11-6-7-14(18-11)13(16)9-17-12-5-3-4-10(15)8-12/h3-8H,2,9H2,1H3. The monoisotopic (exact) mass is 340 g/mol. The van der Waals surface area contributed by atoms with Gasteiger partial charge in [0.05, 0.1) is 10.6 Å². The summed E-state index contributed by atoms with van der Waals surface area (Å²) in [5.74, 6) is 0.713. The van der Waals surface area contributed by atoms with E-state index in [4.69, 9.17) is 0 Å². The van der Waals surface area contributed by atoms with E-state index in [1.807, 2.05) is 36.4 Å². The molecule has 0 atom stereocenters. The molecule has 1 aromatic carbocycles. The van der Waals surface area contributed by atoms with Crippen molar-refractivity contribution in [3.05, 3.63) is 50.6 Å². The number of thioether (sulfide) groups is 1. The number of carbonyl (C=O) groups excluding carboxylic acids is 1. The molecule has 0 aliphatic rings. The first-order valence-electron chi connectivity index (χ1n) is 5.69. The summed E-state index contributed by atoms with van der Waals surface area (Å²) < 4.78 is 1.05. The third-order valence-corrected chi connectivity index (χ3v) is 5.21. The second-order valence-electron chi connectivity index (χ2n) is 3.79. The van der Waals surface area contributed by atoms with Crippen molar-refractivity contribution in [2.45, 2.75) is 18.2 Å². The summed E-state index contributed by atoms with van der Waals surface area (Å²) in [6, 6.07) is 12.0. The van der Waals surface area contributed by atoms with Crippen molar-refractivity contribution in [1.29, 1.82) is 0 Å². The molecule has 0 saturated heterocycles. The summed E-state index contributed by atoms with van der Waals surface area (Å²) in [6.45, 7) is 2.11. The van der Waals surface area contributed by atoms with Crippen molar-refractivity contribution in [3.63, 3.8) is 0 Å². The summed E-state index contributed by atoms with van der Waals surface area (Å²) in [4.78, 5) is 15.3. The van der Waals surface area contributed by atoms with Gasteiger partial charge in [-0.1, -0.05) is 28.9 Å². The number of carbonyl (C=O) groups is 1. The largest absolute Gasteiger partial charge is 0.292 e. The SMILES string of the molecule is CCc1ccc(C(=O)CSc2cccc(Br)c2)s1. The van der Waals surface area contributed by atoms with Gasteiger partial charge in [-0.3, -0.25) is 4.79 Å². The number of Topliss-reactive ketones (excluding diaryl/α,β-unsaturated/α-hetero) is 1. The average molecular weight is 341 g/mol. The summed E-state index contributed by atoms with van der Waals surface area (Å²) in [5.41, 5.74) is 0. The van der Waals surface area contributed by atoms with Crippen molar-refractivity contribution in [2.24, 2.45) is 0 Å². The molecule has 4 heteroatoms. The van der Waals surface area contributed by atoms with Gasteiger partial charge in [0.15, 0.2) is 5.78 Å². The Labute approximate surface area is 124 Å². The smallest absolute Gasteiger partial charge is 0.182 e. The fraction of sp³-hybridized carbons (Fsp3) is 0.214. The summed E-state index contributed by atoms with van der Waals surface area (Å²) >= 11 is 6.62. The van der Waals surface area contributed by atoms with Crippen molar-refractivity contribution < 1.29 is 4.79 Å². The van der Waals surface area contributed by atoms with E-state index in [1.165, 1.54) is 4.88 Å². The molecule has 0 radical (unpaired) electrons. The Morgan fingerprint density at radius 1 is 1.33 bits per heavy atom. The van der Waals surface area contributed by atoms with Gasteiger partial charge in [-0.2, -0.15) is 0 Å². The van der Waals surface area contributed by atoms with Crippen LogP contribution in [-0.2, 0) is 6.42 Å². The third-order valence-electron chi connectivity index (χ3n) is 2.45. The first kappa shape index (κ1) is 13.8. The Kier molecular flexibility index (Phi) is 5.03. The highest BCUT2D eigenvalue weighted by molar-refractivity contribution is 9.10. The van der Waals surface area contributed by atoms with Crippen LogP contribution in [-0.4, -0.2) is 11.5 Å². The second-order valence-corrected chi connectivity index (χ2v) is 6.92. The Morgan fingerprint density at radius 2 is 2.17 bits per heavy atom. The van der Waals surface area contributed by atoms with Crippen molar-refractivity contribution in [2.75, 3.05) is 5.75 Å². The zero-order valence-corrected chi connectivity index (χ0v) is 13.2. The van der Waals surface area contributed by atoms with E-state index in [2.05, 4.69) is 22.9 Å². The number of hydrogen-bond donors (Lipinski definition) is 0. The van der Waals surface area contributed by atoms with Crippen molar-refractivity contribution in [1.82, 2.24) is 0 Å². The number of benzene rings is 1. The summed E-state index contributed by atoms with van der Waals surface area (Å²) in [6.07, 6.45) is 0.997. The highest BCUT2D eigenvalue weighted by atomic mass is 79.9. The number of ketones is 1. The molecule has 2 rings (SSSR count). The van der Waals surface area contributed by atoms with Crippen molar-refractivity contribution >= 4 is 44.8 Å². The molecule has 0 aliphatic carbocycles. The topological polar surface area (TPSA) is 17.1 Å². The predicted molar refractivity (Wildman–Crippen MR) is 82.9 cm³/mol. The van der Waals surface area contributed by atoms with Crippen molar-refractivity contribution in [3.8, 4) is 0 Å². The maximum atomic E-state index is 12.0. The molecule has 0 bridgehead atoms. The van der Waals surface area contributed by atoms with Crippen LogP contribution in [0.5, 0.6) is 0 Å². The molecule has 2 aromatic rings. The van der Waals surface area contributed by atoms with Gasteiger partial charge in [-0.15, -0.1) is 23.1 Å². The average Bonchev–Trinajstić information content (AvgIpc) is 2.85. The van der Waals surface area contributed by atoms with Crippen LogP contribution in [0.1, 0.15) is 21.5 Å². The molecule has 18 heavy (non-hydrogen) atoms. The molecule has 0 amide bonds. The number of thiophene rings is 1. The lowest BCUT2D eigenvalue weighted by Crippen LogP contribution is -1.98. The van der Waals surface area contributed by atoms with Gasteiger partial charge in [0.2, 0.25) is 0 Å². The van der Waals surface area contributed by atoms with E-state index in [1.54, 1.807) is 23.1 Å². The molecule has 0 aliphatic heterocycles. The van der Waals surface area contributed by atoms with Crippen LogP contribution >= 0.6 is 39.0 Å². The highest BCUT2D eigenvalue weighted by Gasteiger charge is 2.09. The van der Waals surface area contributed by atoms with Crippen LogP contribution in [0.4, 0.5) is 0 Å². The molecule has 0 N–H and O–H groups in total. The Balaban J connectivity index is 1.96. The minimum absolute atomic E-state index is 0.213. The molecule has 0 spiro atoms. The van der Waals surface area contributed by atoms with Crippen LogP contribution in [0.2, 0.25) is 0 Å². The molecule has 0 saturated carbocycles. The number of hydrogen-bond acceptors (Lipinski definition) is 3. The minimum Gasteiger partial charge on any atom is -0.292 e. The van der Waals surface area contributed by atoms with E-state index in [0.29, 0.717) is 5.75 Å². The molecule has 94 valence electrons. The summed E-state index contributed by atoms with van der Waals surface area (Å²) in [7, 11) is 0. The molecule has 0 fully saturated rings. The second kappa shape index (κ2) is 6.55. The Morgan fingerprint density at radius 3 is 2.83 bits per heavy atom. The van der Waals surface area contributed by atoms with E-state index in [9.17, 15) is 4.79 Å². The lowest BCUT2D eigenvalue weighted by atomic mass is 10.3. The quantitative estimate of drug-likeness (QED) is 0.559. The predicted octanol–water partition coefficient (Wildman–Crippen LogP) is 5.05. The van der Waals surface area contributed by atoms with Crippen LogP contribution in [0, 0.1) is 0 Å². The van der Waals surface area contributed by atoms with E-state index >= 15 is 0 Å². The molecule has 0 unspecified atom stereocenters. The fourth-order valence-electron chi connectivity index (χ4n) is 1.49. The van der Waals surface area contributed by atoms with Gasteiger partial charge in [0.25, 0.3) is 0 Å². The molecule has 1 nitrogen and oxygen atoms in total. The van der Waals surface area contributed by atoms with Gasteiger partial charge in [0.1, 0.15) is 0 Å². The Hall–Kier alpha value is -0.580. The van der Waals surface area contributed by atoms with Gasteiger partial charge in [-0.25, -0.2) is 0 Å². The van der Waals surface area contributed by atoms with E-state index in [0.717, 1.165) is 20.7 Å². The Bertz CT molecular complexity index is 548. The lowest BCUT2D eigenvalue weighted by molar-refractivity contribution is 0.102. The molecular formula is C14H13BrOS2. The van der Waals surface area contributed by atoms with Crippen LogP contribution in [0.25, 0.3) is 0 Å². The minimum atomic E-state index is 0.213. The van der Waals surface area contributed by atoms with E-state index in [-0.39, 0.29) is 5.78 Å². The number of rotatable bonds is 5. The molecule has 1 aromatic heterocycles. The fourth-order valence-corrected chi connectivity index (χ4v) is 3.86. The van der Waals surface area contributed by atoms with Gasteiger partial charge in [0, 0.05) is 14.2 Å². The van der Waals surface area contributed by atoms with Gasteiger partial charge < -0.3 is 0 Å². The third kappa shape index (κ3) is 3.70. The van der Waals surface area contributed by atoms with Gasteiger partial charge >= 0.3 is 0 Å². The first-order valence-corrected chi connectivity index (χ1v) is 8.29. The van der Waals surface area contributed by atoms with E-state index < -0.39 is 0 Å². The molecule has 1 heterocycles. The zero-order chi connectivity index (χ0) is 13.0. The summed E-state index contributed by atoms with van der Waals surface area (Å²) in [5, 5.41) is 0. The first-order chi connectivity index (χ1) is 8.69. The zero-order valence-electron chi connectivity index (χ0n) is 9.98. The number of halogens is 1. The number of aryl methyl sites for hydroxylation is 1. The van der Waals surface area contributed by atoms with Gasteiger partial charge in [-0.05, 0) is 36.8 Å². The van der Waals surface area contributed by atoms with Crippen LogP contribution in [0.3, 0.4) is 0 Å². The normalized spacial score (nSPS) is 10.6. The van der Waals surface area contributed by atoms with Crippen LogP contribution in [0.15, 0.2) is 45.8 Å². The van der Waals surface area contributed by atoms with Crippen LogP contribution < -0.4 is 0 Å². The maximum absolute atomic E-state index is 12.0. The lowest BCUT2D eigenvalue weighted by Gasteiger charge is -2.00. The molecular weight excluding hydrogens is 328 g/mol. The highest BCUT2D eigenvalue weighted by Crippen LogP contribution is 2.24. The maximum Gasteiger partial charge on any atom is 0.182 e.